The maximum Gasteiger partial charge on any atom is 0.409 e. The van der Waals surface area contributed by atoms with Gasteiger partial charge in [0.2, 0.25) is 0 Å². The van der Waals surface area contributed by atoms with Gasteiger partial charge < -0.3 is 10.1 Å². The number of rotatable bonds is 1. The quantitative estimate of drug-likeness (QED) is 0.440. The van der Waals surface area contributed by atoms with E-state index in [4.69, 9.17) is 5.11 Å². The van der Waals surface area contributed by atoms with Crippen LogP contribution in [0.2, 0.25) is 0 Å². The zero-order chi connectivity index (χ0) is 9.14. The van der Waals surface area contributed by atoms with Crippen LogP contribution >= 0.6 is 0 Å². The lowest BCUT2D eigenvalue weighted by Gasteiger charge is -1.95. The van der Waals surface area contributed by atoms with E-state index < -0.39 is 17.3 Å². The second kappa shape index (κ2) is 2.91. The number of carboxylic acid groups (broad SMARTS) is 1. The van der Waals surface area contributed by atoms with Crippen molar-refractivity contribution in [3.63, 3.8) is 0 Å². The van der Waals surface area contributed by atoms with Crippen molar-refractivity contribution < 1.29 is 9.90 Å². The van der Waals surface area contributed by atoms with Crippen LogP contribution in [-0.4, -0.2) is 21.2 Å². The smallest absolute Gasteiger partial charge is 0.409 e. The summed E-state index contributed by atoms with van der Waals surface area (Å²) in [6, 6.07) is 0. The van der Waals surface area contributed by atoms with Gasteiger partial charge in [-0.1, -0.05) is 0 Å². The summed E-state index contributed by atoms with van der Waals surface area (Å²) >= 11 is 0. The topological polar surface area (TPSA) is 115 Å². The minimum atomic E-state index is -1.37. The number of carbonyl (C=O) groups is 1. The summed E-state index contributed by atoms with van der Waals surface area (Å²) < 4.78 is 0. The number of aromatic amines is 2. The van der Waals surface area contributed by atoms with E-state index in [0.29, 0.717) is 0 Å². The molecule has 0 atom stereocenters. The van der Waals surface area contributed by atoms with Crippen LogP contribution in [0.5, 0.6) is 0 Å². The second-order valence-electron chi connectivity index (χ2n) is 1.92. The molecule has 4 N–H and O–H groups in total. The molecule has 0 saturated carbocycles. The zero-order valence-electron chi connectivity index (χ0n) is 5.75. The third-order valence-corrected chi connectivity index (χ3v) is 1.06. The van der Waals surface area contributed by atoms with Crippen molar-refractivity contribution in [1.82, 2.24) is 9.97 Å². The highest BCUT2D eigenvalue weighted by molar-refractivity contribution is 5.82. The number of hydrogen-bond acceptors (Lipinski definition) is 3. The number of anilines is 1. The van der Waals surface area contributed by atoms with Crippen LogP contribution in [0.1, 0.15) is 0 Å². The van der Waals surface area contributed by atoms with Crippen molar-refractivity contribution in [3.05, 3.63) is 27.0 Å². The van der Waals surface area contributed by atoms with Gasteiger partial charge >= 0.3 is 11.8 Å². The van der Waals surface area contributed by atoms with E-state index >= 15 is 0 Å². The summed E-state index contributed by atoms with van der Waals surface area (Å²) in [6.07, 6.45) is -0.387. The molecule has 0 spiro atoms. The minimum absolute atomic E-state index is 0.220. The first-order valence-corrected chi connectivity index (χ1v) is 2.91. The van der Waals surface area contributed by atoms with Crippen molar-refractivity contribution >= 4 is 11.8 Å². The summed E-state index contributed by atoms with van der Waals surface area (Å²) in [6.45, 7) is 0. The van der Waals surface area contributed by atoms with E-state index in [9.17, 15) is 14.4 Å². The predicted molar refractivity (Wildman–Crippen MR) is 39.3 cm³/mol. The molecule has 7 nitrogen and oxygen atoms in total. The Balaban J connectivity index is 3.10. The molecule has 1 rings (SSSR count). The van der Waals surface area contributed by atoms with Crippen molar-refractivity contribution in [1.29, 1.82) is 0 Å². The molecule has 0 aliphatic rings. The molecule has 0 bridgehead atoms. The maximum atomic E-state index is 10.8. The van der Waals surface area contributed by atoms with Crippen molar-refractivity contribution in [2.24, 2.45) is 0 Å². The largest absolute Gasteiger partial charge is 0.465 e. The van der Waals surface area contributed by atoms with E-state index in [1.807, 2.05) is 4.98 Å². The number of hydrogen-bond donors (Lipinski definition) is 4. The summed E-state index contributed by atoms with van der Waals surface area (Å²) in [5.74, 6) is 0. The first-order valence-electron chi connectivity index (χ1n) is 2.91. The third kappa shape index (κ3) is 1.72. The minimum Gasteiger partial charge on any atom is -0.465 e. The number of amides is 1. The molecule has 0 saturated heterocycles. The normalized spacial score (nSPS) is 9.33. The molecule has 1 aromatic rings. The van der Waals surface area contributed by atoms with E-state index in [-0.39, 0.29) is 5.69 Å². The molecule has 0 unspecified atom stereocenters. The van der Waals surface area contributed by atoms with Gasteiger partial charge in [0.1, 0.15) is 5.69 Å². The summed E-state index contributed by atoms with van der Waals surface area (Å²) in [7, 11) is 0. The Kier molecular flexibility index (Phi) is 1.95. The highest BCUT2D eigenvalue weighted by atomic mass is 16.4. The lowest BCUT2D eigenvalue weighted by molar-refractivity contribution is 0.209. The predicted octanol–water partition coefficient (Wildman–Crippen LogP) is -0.847. The summed E-state index contributed by atoms with van der Waals surface area (Å²) in [5, 5.41) is 10.0. The number of nitrogens with one attached hydrogen (secondary N) is 3. The Morgan fingerprint density at radius 3 is 2.67 bits per heavy atom. The van der Waals surface area contributed by atoms with Crippen molar-refractivity contribution in [2.75, 3.05) is 5.32 Å². The number of aromatic nitrogens is 2. The Morgan fingerprint density at radius 1 is 1.50 bits per heavy atom. The van der Waals surface area contributed by atoms with Gasteiger partial charge in [-0.25, -0.2) is 9.59 Å². The molecule has 64 valence electrons. The van der Waals surface area contributed by atoms with Gasteiger partial charge in [-0.3, -0.25) is 15.1 Å². The zero-order valence-corrected chi connectivity index (χ0v) is 5.75. The Bertz CT molecular complexity index is 404. The fourth-order valence-electron chi connectivity index (χ4n) is 0.618. The van der Waals surface area contributed by atoms with Crippen LogP contribution in [0.15, 0.2) is 15.8 Å². The van der Waals surface area contributed by atoms with Crippen molar-refractivity contribution in [3.8, 4) is 0 Å². The van der Waals surface area contributed by atoms with E-state index in [2.05, 4.69) is 4.98 Å². The van der Waals surface area contributed by atoms with Crippen LogP contribution in [0.4, 0.5) is 10.5 Å². The first-order chi connectivity index (χ1) is 5.59. The molecule has 1 heterocycles. The van der Waals surface area contributed by atoms with Gasteiger partial charge in [0.15, 0.2) is 0 Å². The highest BCUT2D eigenvalue weighted by Gasteiger charge is 2.01. The van der Waals surface area contributed by atoms with Gasteiger partial charge in [-0.2, -0.15) is 0 Å². The van der Waals surface area contributed by atoms with Crippen molar-refractivity contribution in [2.45, 2.75) is 0 Å². The second-order valence-corrected chi connectivity index (χ2v) is 1.92. The molecule has 0 aliphatic carbocycles. The van der Waals surface area contributed by atoms with Gasteiger partial charge in [-0.05, 0) is 0 Å². The molecule has 1 amide bonds. The fraction of sp³-hybridized carbons (Fsp3) is 0. The first kappa shape index (κ1) is 8.05. The SMILES string of the molecule is O=C(O)Nc1c[nH]c(=O)[nH]c1=O. The molecule has 1 aromatic heterocycles. The van der Waals surface area contributed by atoms with Crippen LogP contribution in [0.3, 0.4) is 0 Å². The Hall–Kier alpha value is -2.05. The lowest BCUT2D eigenvalue weighted by atomic mass is 10.5. The maximum absolute atomic E-state index is 10.8. The summed E-state index contributed by atoms with van der Waals surface area (Å²) in [4.78, 5) is 35.2. The van der Waals surface area contributed by atoms with Crippen LogP contribution in [0.25, 0.3) is 0 Å². The molecular formula is C5H5N3O4. The molecule has 12 heavy (non-hydrogen) atoms. The lowest BCUT2D eigenvalue weighted by Crippen LogP contribution is -2.25. The molecular weight excluding hydrogens is 166 g/mol. The standard InChI is InChI=1S/C5H5N3O4/c9-3-2(7-5(11)12)1-6-4(10)8-3/h1,7H,(H,11,12)(H2,6,8,9,10). The molecule has 0 fully saturated rings. The highest BCUT2D eigenvalue weighted by Crippen LogP contribution is 1.90. The van der Waals surface area contributed by atoms with E-state index in [0.717, 1.165) is 6.20 Å². The number of H-pyrrole nitrogens is 2. The average molecular weight is 171 g/mol. The summed E-state index contributed by atoms with van der Waals surface area (Å²) in [5.41, 5.74) is -1.68. The van der Waals surface area contributed by atoms with Gasteiger partial charge in [0, 0.05) is 6.20 Å². The van der Waals surface area contributed by atoms with Gasteiger partial charge in [-0.15, -0.1) is 0 Å². The molecule has 0 radical (unpaired) electrons. The van der Waals surface area contributed by atoms with Gasteiger partial charge in [0.25, 0.3) is 5.56 Å². The fourth-order valence-corrected chi connectivity index (χ4v) is 0.618. The van der Waals surface area contributed by atoms with Crippen LogP contribution in [-0.2, 0) is 0 Å². The monoisotopic (exact) mass is 171 g/mol. The van der Waals surface area contributed by atoms with Crippen LogP contribution in [0, 0.1) is 0 Å². The van der Waals surface area contributed by atoms with Crippen LogP contribution < -0.4 is 16.6 Å². The third-order valence-electron chi connectivity index (χ3n) is 1.06. The molecule has 0 aromatic carbocycles. The molecule has 0 aliphatic heterocycles. The molecule has 7 heteroatoms. The van der Waals surface area contributed by atoms with E-state index in [1.165, 1.54) is 0 Å². The Morgan fingerprint density at radius 2 is 2.17 bits per heavy atom. The van der Waals surface area contributed by atoms with Gasteiger partial charge in [0.05, 0.1) is 0 Å². The van der Waals surface area contributed by atoms with E-state index in [1.54, 1.807) is 5.32 Å². The average Bonchev–Trinajstić information content (AvgIpc) is 1.94. The Labute approximate surface area is 65.1 Å².